The third kappa shape index (κ3) is 4.21. The second kappa shape index (κ2) is 5.92. The highest BCUT2D eigenvalue weighted by atomic mass is 32.2. The molecule has 1 heterocycles. The van der Waals surface area contributed by atoms with E-state index in [-0.39, 0.29) is 11.7 Å². The lowest BCUT2D eigenvalue weighted by molar-refractivity contribution is 0.404. The third-order valence-electron chi connectivity index (χ3n) is 3.63. The lowest BCUT2D eigenvalue weighted by atomic mass is 10.0. The molecule has 2 N–H and O–H groups in total. The summed E-state index contributed by atoms with van der Waals surface area (Å²) in [6.45, 7) is 5.80. The molecule has 1 unspecified atom stereocenters. The molecule has 0 aromatic heterocycles. The molecule has 0 bridgehead atoms. The zero-order chi connectivity index (χ0) is 13.9. The highest BCUT2D eigenvalue weighted by molar-refractivity contribution is 7.92. The number of hydrogen-bond acceptors (Lipinski definition) is 3. The SMILES string of the molecule is Cc1ccc(NS(=O)(=O)CC2CCCNC2)cc1C. The van der Waals surface area contributed by atoms with Crippen molar-refractivity contribution in [2.24, 2.45) is 5.92 Å². The van der Waals surface area contributed by atoms with Crippen molar-refractivity contribution in [1.82, 2.24) is 5.32 Å². The van der Waals surface area contributed by atoms with Crippen molar-refractivity contribution in [2.75, 3.05) is 23.6 Å². The Balaban J connectivity index is 2.01. The standard InChI is InChI=1S/C14H22N2O2S/c1-11-5-6-14(8-12(11)2)16-19(17,18)10-13-4-3-7-15-9-13/h5-6,8,13,15-16H,3-4,7,9-10H2,1-2H3. The van der Waals surface area contributed by atoms with Crippen molar-refractivity contribution in [3.63, 3.8) is 0 Å². The van der Waals surface area contributed by atoms with Crippen LogP contribution in [0.1, 0.15) is 24.0 Å². The van der Waals surface area contributed by atoms with E-state index in [0.717, 1.165) is 31.5 Å². The van der Waals surface area contributed by atoms with Crippen LogP contribution in [0, 0.1) is 19.8 Å². The first-order valence-corrected chi connectivity index (χ1v) is 8.40. The largest absolute Gasteiger partial charge is 0.316 e. The van der Waals surface area contributed by atoms with Gasteiger partial charge in [0.15, 0.2) is 0 Å². The molecule has 1 aliphatic heterocycles. The summed E-state index contributed by atoms with van der Waals surface area (Å²) in [6, 6.07) is 5.64. The fraction of sp³-hybridized carbons (Fsp3) is 0.571. The summed E-state index contributed by atoms with van der Waals surface area (Å²) in [6.07, 6.45) is 2.05. The highest BCUT2D eigenvalue weighted by Crippen LogP contribution is 2.18. The Hall–Kier alpha value is -1.07. The van der Waals surface area contributed by atoms with Crippen molar-refractivity contribution in [3.05, 3.63) is 29.3 Å². The second-order valence-electron chi connectivity index (χ2n) is 5.39. The number of benzene rings is 1. The molecule has 1 atom stereocenters. The van der Waals surface area contributed by atoms with Crippen LogP contribution in [0.3, 0.4) is 0 Å². The van der Waals surface area contributed by atoms with Crippen LogP contribution in [0.2, 0.25) is 0 Å². The number of rotatable bonds is 4. The third-order valence-corrected chi connectivity index (χ3v) is 5.09. The molecule has 1 aliphatic rings. The summed E-state index contributed by atoms with van der Waals surface area (Å²) in [5.74, 6) is 0.421. The minimum Gasteiger partial charge on any atom is -0.316 e. The van der Waals surface area contributed by atoms with Crippen molar-refractivity contribution >= 4 is 15.7 Å². The monoisotopic (exact) mass is 282 g/mol. The molecule has 1 fully saturated rings. The minimum atomic E-state index is -3.25. The second-order valence-corrected chi connectivity index (χ2v) is 7.16. The van der Waals surface area contributed by atoms with Crippen LogP contribution >= 0.6 is 0 Å². The molecule has 0 radical (unpaired) electrons. The van der Waals surface area contributed by atoms with Gasteiger partial charge in [-0.15, -0.1) is 0 Å². The van der Waals surface area contributed by atoms with Gasteiger partial charge in [0.1, 0.15) is 0 Å². The Morgan fingerprint density at radius 1 is 1.32 bits per heavy atom. The van der Waals surface area contributed by atoms with Crippen LogP contribution in [0.5, 0.6) is 0 Å². The molecular weight excluding hydrogens is 260 g/mol. The fourth-order valence-electron chi connectivity index (χ4n) is 2.40. The predicted molar refractivity (Wildman–Crippen MR) is 78.9 cm³/mol. The van der Waals surface area contributed by atoms with E-state index in [0.29, 0.717) is 5.69 Å². The maximum atomic E-state index is 12.1. The molecule has 19 heavy (non-hydrogen) atoms. The predicted octanol–water partition coefficient (Wildman–Crippen LogP) is 2.04. The maximum Gasteiger partial charge on any atom is 0.233 e. The molecule has 106 valence electrons. The normalized spacial score (nSPS) is 20.2. The quantitative estimate of drug-likeness (QED) is 0.888. The Labute approximate surface area is 115 Å². The van der Waals surface area contributed by atoms with Gasteiger partial charge in [0.2, 0.25) is 10.0 Å². The lowest BCUT2D eigenvalue weighted by Gasteiger charge is -2.22. The van der Waals surface area contributed by atoms with Gasteiger partial charge in [-0.3, -0.25) is 4.72 Å². The zero-order valence-corrected chi connectivity index (χ0v) is 12.4. The highest BCUT2D eigenvalue weighted by Gasteiger charge is 2.21. The molecule has 0 aliphatic carbocycles. The fourth-order valence-corrected chi connectivity index (χ4v) is 3.88. The van der Waals surface area contributed by atoms with E-state index < -0.39 is 10.0 Å². The number of nitrogens with one attached hydrogen (secondary N) is 2. The molecule has 1 aromatic rings. The van der Waals surface area contributed by atoms with E-state index in [1.54, 1.807) is 0 Å². The first-order chi connectivity index (χ1) is 8.96. The topological polar surface area (TPSA) is 58.2 Å². The van der Waals surface area contributed by atoms with Crippen LogP contribution < -0.4 is 10.0 Å². The molecule has 1 saturated heterocycles. The zero-order valence-electron chi connectivity index (χ0n) is 11.6. The van der Waals surface area contributed by atoms with Crippen LogP contribution in [-0.2, 0) is 10.0 Å². The van der Waals surface area contributed by atoms with E-state index in [2.05, 4.69) is 10.0 Å². The van der Waals surface area contributed by atoms with Gasteiger partial charge in [0.25, 0.3) is 0 Å². The summed E-state index contributed by atoms with van der Waals surface area (Å²) in [5, 5.41) is 3.25. The molecule has 5 heteroatoms. The van der Waals surface area contributed by atoms with Gasteiger partial charge in [-0.05, 0) is 69.0 Å². The number of hydrogen-bond donors (Lipinski definition) is 2. The summed E-state index contributed by atoms with van der Waals surface area (Å²) < 4.78 is 26.9. The van der Waals surface area contributed by atoms with Gasteiger partial charge < -0.3 is 5.32 Å². The van der Waals surface area contributed by atoms with E-state index in [1.165, 1.54) is 5.56 Å². The lowest BCUT2D eigenvalue weighted by Crippen LogP contribution is -2.35. The van der Waals surface area contributed by atoms with E-state index in [4.69, 9.17) is 0 Å². The van der Waals surface area contributed by atoms with Crippen LogP contribution in [0.4, 0.5) is 5.69 Å². The number of piperidine rings is 1. The van der Waals surface area contributed by atoms with E-state index in [1.807, 2.05) is 32.0 Å². The first-order valence-electron chi connectivity index (χ1n) is 6.75. The van der Waals surface area contributed by atoms with Gasteiger partial charge in [-0.25, -0.2) is 8.42 Å². The van der Waals surface area contributed by atoms with Crippen molar-refractivity contribution in [1.29, 1.82) is 0 Å². The molecule has 1 aromatic carbocycles. The van der Waals surface area contributed by atoms with Gasteiger partial charge in [-0.2, -0.15) is 0 Å². The van der Waals surface area contributed by atoms with Crippen LogP contribution in [0.15, 0.2) is 18.2 Å². The molecule has 2 rings (SSSR count). The Morgan fingerprint density at radius 2 is 2.11 bits per heavy atom. The smallest absolute Gasteiger partial charge is 0.233 e. The number of aryl methyl sites for hydroxylation is 2. The van der Waals surface area contributed by atoms with Gasteiger partial charge in [-0.1, -0.05) is 6.07 Å². The Morgan fingerprint density at radius 3 is 2.74 bits per heavy atom. The van der Waals surface area contributed by atoms with E-state index in [9.17, 15) is 8.42 Å². The van der Waals surface area contributed by atoms with Crippen molar-refractivity contribution in [2.45, 2.75) is 26.7 Å². The minimum absolute atomic E-state index is 0.201. The summed E-state index contributed by atoms with van der Waals surface area (Å²) >= 11 is 0. The summed E-state index contributed by atoms with van der Waals surface area (Å²) in [7, 11) is -3.25. The summed E-state index contributed by atoms with van der Waals surface area (Å²) in [4.78, 5) is 0. The maximum absolute atomic E-state index is 12.1. The van der Waals surface area contributed by atoms with Gasteiger partial charge in [0.05, 0.1) is 5.75 Å². The number of sulfonamides is 1. The molecule has 0 amide bonds. The van der Waals surface area contributed by atoms with Gasteiger partial charge >= 0.3 is 0 Å². The average Bonchev–Trinajstić information content (AvgIpc) is 2.34. The Bertz CT molecular complexity index is 534. The van der Waals surface area contributed by atoms with Crippen LogP contribution in [0.25, 0.3) is 0 Å². The average molecular weight is 282 g/mol. The Kier molecular flexibility index (Phi) is 4.47. The van der Waals surface area contributed by atoms with Crippen molar-refractivity contribution in [3.8, 4) is 0 Å². The molecule has 0 saturated carbocycles. The number of anilines is 1. The first kappa shape index (κ1) is 14.3. The molecular formula is C14H22N2O2S. The van der Waals surface area contributed by atoms with Crippen molar-refractivity contribution < 1.29 is 8.42 Å². The van der Waals surface area contributed by atoms with Crippen LogP contribution in [-0.4, -0.2) is 27.3 Å². The van der Waals surface area contributed by atoms with Gasteiger partial charge in [0, 0.05) is 5.69 Å². The molecule has 0 spiro atoms. The van der Waals surface area contributed by atoms with E-state index >= 15 is 0 Å². The molecule has 4 nitrogen and oxygen atoms in total. The summed E-state index contributed by atoms with van der Waals surface area (Å²) in [5.41, 5.74) is 2.92.